The number of likely N-dealkylation sites (N-methyl/N-ethyl adjacent to an activating group) is 1. The maximum Gasteiger partial charge on any atom is 0.240 e. The molecule has 20 heavy (non-hydrogen) atoms. The summed E-state index contributed by atoms with van der Waals surface area (Å²) in [5.41, 5.74) is 0. The molecule has 1 fully saturated rings. The van der Waals surface area contributed by atoms with E-state index in [0.717, 1.165) is 25.4 Å². The normalized spacial score (nSPS) is 19.6. The molecule has 1 aromatic rings. The molecule has 2 rings (SSSR count). The number of nitrogens with one attached hydrogen (secondary N) is 1. The average Bonchev–Trinajstić information content (AvgIpc) is 2.48. The number of para-hydroxylation sites is 1. The van der Waals surface area contributed by atoms with Crippen molar-refractivity contribution in [2.75, 3.05) is 46.9 Å². The van der Waals surface area contributed by atoms with Crippen LogP contribution in [0.3, 0.4) is 0 Å². The number of carbonyl (C=O) groups is 1. The Labute approximate surface area is 120 Å². The largest absolute Gasteiger partial charge is 0.492 e. The zero-order valence-electron chi connectivity index (χ0n) is 12.2. The van der Waals surface area contributed by atoms with Gasteiger partial charge in [0.25, 0.3) is 0 Å². The van der Waals surface area contributed by atoms with Gasteiger partial charge in [0.2, 0.25) is 5.91 Å². The Bertz CT molecular complexity index is 422. The van der Waals surface area contributed by atoms with E-state index in [1.165, 1.54) is 0 Å². The molecule has 0 aromatic heterocycles. The van der Waals surface area contributed by atoms with E-state index in [4.69, 9.17) is 4.74 Å². The van der Waals surface area contributed by atoms with E-state index in [2.05, 4.69) is 10.2 Å². The van der Waals surface area contributed by atoms with Crippen LogP contribution in [0.2, 0.25) is 0 Å². The quantitative estimate of drug-likeness (QED) is 0.847. The van der Waals surface area contributed by atoms with Crippen LogP contribution >= 0.6 is 0 Å². The van der Waals surface area contributed by atoms with E-state index in [9.17, 15) is 4.79 Å². The fourth-order valence-corrected chi connectivity index (χ4v) is 2.35. The van der Waals surface area contributed by atoms with Gasteiger partial charge in [0.1, 0.15) is 18.4 Å². The van der Waals surface area contributed by atoms with Gasteiger partial charge in [-0.25, -0.2) is 0 Å². The molecule has 1 aliphatic rings. The smallest absolute Gasteiger partial charge is 0.240 e. The third-order valence-electron chi connectivity index (χ3n) is 3.47. The van der Waals surface area contributed by atoms with E-state index >= 15 is 0 Å². The predicted molar refractivity (Wildman–Crippen MR) is 78.9 cm³/mol. The van der Waals surface area contributed by atoms with Crippen molar-refractivity contribution < 1.29 is 9.53 Å². The lowest BCUT2D eigenvalue weighted by molar-refractivity contribution is -0.135. The Morgan fingerprint density at radius 2 is 2.15 bits per heavy atom. The summed E-state index contributed by atoms with van der Waals surface area (Å²) < 4.78 is 5.71. The number of piperazine rings is 1. The average molecular weight is 277 g/mol. The lowest BCUT2D eigenvalue weighted by atomic mass is 10.1. The minimum Gasteiger partial charge on any atom is -0.492 e. The molecule has 110 valence electrons. The van der Waals surface area contributed by atoms with E-state index < -0.39 is 0 Å². The highest BCUT2D eigenvalue weighted by Gasteiger charge is 2.29. The van der Waals surface area contributed by atoms with E-state index in [1.807, 2.05) is 30.3 Å². The Morgan fingerprint density at radius 3 is 2.85 bits per heavy atom. The molecule has 1 aromatic carbocycles. The maximum absolute atomic E-state index is 12.1. The van der Waals surface area contributed by atoms with Crippen molar-refractivity contribution in [1.82, 2.24) is 15.1 Å². The summed E-state index contributed by atoms with van der Waals surface area (Å²) in [5.74, 6) is 1.02. The maximum atomic E-state index is 12.1. The standard InChI is InChI=1S/C15H23N3O2/c1-17(2)15(19)14-12-16-8-9-18(14)10-11-20-13-6-4-3-5-7-13/h3-7,14,16H,8-12H2,1-2H3. The monoisotopic (exact) mass is 277 g/mol. The summed E-state index contributed by atoms with van der Waals surface area (Å²) in [5, 5.41) is 3.28. The molecule has 1 aliphatic heterocycles. The zero-order chi connectivity index (χ0) is 14.4. The minimum absolute atomic E-state index is 0.0851. The Kier molecular flexibility index (Phi) is 5.38. The van der Waals surface area contributed by atoms with Crippen molar-refractivity contribution in [3.05, 3.63) is 30.3 Å². The first-order valence-corrected chi connectivity index (χ1v) is 7.02. The number of rotatable bonds is 5. The topological polar surface area (TPSA) is 44.8 Å². The Hall–Kier alpha value is -1.59. The molecule has 0 bridgehead atoms. The number of hydrogen-bond donors (Lipinski definition) is 1. The second kappa shape index (κ2) is 7.26. The van der Waals surface area contributed by atoms with Crippen LogP contribution in [0.15, 0.2) is 30.3 Å². The number of nitrogens with zero attached hydrogens (tertiary/aromatic N) is 2. The SMILES string of the molecule is CN(C)C(=O)C1CNCCN1CCOc1ccccc1. The van der Waals surface area contributed by atoms with Gasteiger partial charge in [0.05, 0.1) is 0 Å². The first-order chi connectivity index (χ1) is 9.68. The molecule has 0 spiro atoms. The van der Waals surface area contributed by atoms with Crippen LogP contribution in [0, 0.1) is 0 Å². The van der Waals surface area contributed by atoms with Gasteiger partial charge in [0.15, 0.2) is 0 Å². The molecule has 0 aliphatic carbocycles. The summed E-state index contributed by atoms with van der Waals surface area (Å²) in [6.07, 6.45) is 0. The second-order valence-corrected chi connectivity index (χ2v) is 5.15. The van der Waals surface area contributed by atoms with E-state index in [1.54, 1.807) is 19.0 Å². The third-order valence-corrected chi connectivity index (χ3v) is 3.47. The van der Waals surface area contributed by atoms with Crippen molar-refractivity contribution in [3.63, 3.8) is 0 Å². The van der Waals surface area contributed by atoms with Crippen LogP contribution in [-0.2, 0) is 4.79 Å². The molecule has 1 atom stereocenters. The van der Waals surface area contributed by atoms with Crippen molar-refractivity contribution in [2.24, 2.45) is 0 Å². The summed E-state index contributed by atoms with van der Waals surface area (Å²) in [7, 11) is 3.60. The fraction of sp³-hybridized carbons (Fsp3) is 0.533. The van der Waals surface area contributed by atoms with Gasteiger partial charge in [-0.3, -0.25) is 9.69 Å². The van der Waals surface area contributed by atoms with Crippen molar-refractivity contribution >= 4 is 5.91 Å². The van der Waals surface area contributed by atoms with Gasteiger partial charge >= 0.3 is 0 Å². The molecule has 1 amide bonds. The lowest BCUT2D eigenvalue weighted by Crippen LogP contribution is -2.58. The van der Waals surface area contributed by atoms with Gasteiger partial charge in [-0.15, -0.1) is 0 Å². The highest BCUT2D eigenvalue weighted by Crippen LogP contribution is 2.10. The number of hydrogen-bond acceptors (Lipinski definition) is 4. The summed E-state index contributed by atoms with van der Waals surface area (Å²) >= 11 is 0. The van der Waals surface area contributed by atoms with Crippen molar-refractivity contribution in [1.29, 1.82) is 0 Å². The minimum atomic E-state index is -0.0851. The van der Waals surface area contributed by atoms with Gasteiger partial charge in [0, 0.05) is 40.3 Å². The van der Waals surface area contributed by atoms with Gasteiger partial charge in [-0.05, 0) is 12.1 Å². The molecule has 5 heteroatoms. The molecule has 1 N–H and O–H groups in total. The van der Waals surface area contributed by atoms with Crippen molar-refractivity contribution in [2.45, 2.75) is 6.04 Å². The van der Waals surface area contributed by atoms with Gasteiger partial charge in [-0.2, -0.15) is 0 Å². The Morgan fingerprint density at radius 1 is 1.40 bits per heavy atom. The summed E-state index contributed by atoms with van der Waals surface area (Å²) in [6, 6.07) is 9.69. The summed E-state index contributed by atoms with van der Waals surface area (Å²) in [6.45, 7) is 3.87. The molecular formula is C15H23N3O2. The van der Waals surface area contributed by atoms with Crippen LogP contribution in [0.5, 0.6) is 5.75 Å². The third kappa shape index (κ3) is 3.95. The first-order valence-electron chi connectivity index (χ1n) is 7.02. The molecule has 1 unspecified atom stereocenters. The van der Waals surface area contributed by atoms with Crippen LogP contribution in [-0.4, -0.2) is 68.6 Å². The van der Waals surface area contributed by atoms with E-state index in [0.29, 0.717) is 13.2 Å². The highest BCUT2D eigenvalue weighted by molar-refractivity contribution is 5.81. The van der Waals surface area contributed by atoms with Crippen LogP contribution < -0.4 is 10.1 Å². The molecule has 1 heterocycles. The van der Waals surface area contributed by atoms with Gasteiger partial charge < -0.3 is 15.0 Å². The fourth-order valence-electron chi connectivity index (χ4n) is 2.35. The molecule has 0 radical (unpaired) electrons. The zero-order valence-corrected chi connectivity index (χ0v) is 12.2. The van der Waals surface area contributed by atoms with Crippen molar-refractivity contribution in [3.8, 4) is 5.75 Å². The number of ether oxygens (including phenoxy) is 1. The van der Waals surface area contributed by atoms with Crippen LogP contribution in [0.4, 0.5) is 0 Å². The lowest BCUT2D eigenvalue weighted by Gasteiger charge is -2.36. The number of benzene rings is 1. The second-order valence-electron chi connectivity index (χ2n) is 5.15. The Balaban J connectivity index is 1.84. The van der Waals surface area contributed by atoms with Crippen LogP contribution in [0.1, 0.15) is 0 Å². The van der Waals surface area contributed by atoms with Crippen LogP contribution in [0.25, 0.3) is 0 Å². The number of amides is 1. The highest BCUT2D eigenvalue weighted by atomic mass is 16.5. The molecule has 0 saturated carbocycles. The van der Waals surface area contributed by atoms with Gasteiger partial charge in [-0.1, -0.05) is 18.2 Å². The molecule has 5 nitrogen and oxygen atoms in total. The molecule has 1 saturated heterocycles. The molecular weight excluding hydrogens is 254 g/mol. The summed E-state index contributed by atoms with van der Waals surface area (Å²) in [4.78, 5) is 16.0. The van der Waals surface area contributed by atoms with E-state index in [-0.39, 0.29) is 11.9 Å². The number of carbonyl (C=O) groups excluding carboxylic acids is 1. The predicted octanol–water partition coefficient (Wildman–Crippen LogP) is 0.427. The first kappa shape index (κ1) is 14.8.